The number of hydrogen-bond acceptors (Lipinski definition) is 4. The molecule has 1 fully saturated rings. The summed E-state index contributed by atoms with van der Waals surface area (Å²) in [4.78, 5) is 17.7. The van der Waals surface area contributed by atoms with Crippen molar-refractivity contribution in [2.75, 3.05) is 31.9 Å². The van der Waals surface area contributed by atoms with Crippen molar-refractivity contribution in [1.29, 1.82) is 0 Å². The molecule has 0 bridgehead atoms. The highest BCUT2D eigenvalue weighted by atomic mass is 32.2. The van der Waals surface area contributed by atoms with Crippen LogP contribution in [-0.4, -0.2) is 54.5 Å². The minimum Gasteiger partial charge on any atom is -0.321 e. The minimum atomic E-state index is -3.15. The number of nitrogens with zero attached hydrogens (tertiary/aromatic N) is 2. The number of hydrogen-bond donors (Lipinski definition) is 1. The van der Waals surface area contributed by atoms with E-state index in [1.165, 1.54) is 0 Å². The molecule has 1 N–H and O–H groups in total. The molecule has 6 nitrogen and oxygen atoms in total. The number of aryl methyl sites for hydroxylation is 2. The van der Waals surface area contributed by atoms with Crippen molar-refractivity contribution < 1.29 is 8.42 Å². The number of fused-ring (bicyclic) bond motifs is 1. The van der Waals surface area contributed by atoms with Gasteiger partial charge in [0.2, 0.25) is 10.0 Å². The third-order valence-electron chi connectivity index (χ3n) is 5.50. The average molecular weight is 392 g/mol. The number of aromatic nitrogens is 1. The van der Waals surface area contributed by atoms with Crippen LogP contribution in [0.1, 0.15) is 36.5 Å². The van der Waals surface area contributed by atoms with Gasteiger partial charge in [-0.2, -0.15) is 4.31 Å². The first-order chi connectivity index (χ1) is 12.8. The fourth-order valence-electron chi connectivity index (χ4n) is 3.55. The van der Waals surface area contributed by atoms with Crippen molar-refractivity contribution in [3.8, 4) is 0 Å². The van der Waals surface area contributed by atoms with E-state index in [0.717, 1.165) is 34.0 Å². The van der Waals surface area contributed by atoms with Crippen LogP contribution in [0.15, 0.2) is 23.0 Å². The molecule has 148 valence electrons. The van der Waals surface area contributed by atoms with E-state index in [1.807, 2.05) is 32.9 Å². The first kappa shape index (κ1) is 20.0. The van der Waals surface area contributed by atoms with Gasteiger partial charge in [-0.05, 0) is 42.8 Å². The highest BCUT2D eigenvalue weighted by Crippen LogP contribution is 2.20. The van der Waals surface area contributed by atoms with E-state index in [4.69, 9.17) is 0 Å². The van der Waals surface area contributed by atoms with Gasteiger partial charge in [-0.15, -0.1) is 0 Å². The molecule has 27 heavy (non-hydrogen) atoms. The summed E-state index contributed by atoms with van der Waals surface area (Å²) in [6, 6.07) is 6.07. The summed E-state index contributed by atoms with van der Waals surface area (Å²) in [5.41, 5.74) is 3.83. The maximum atomic E-state index is 12.5. The Labute approximate surface area is 161 Å². The second-order valence-corrected chi connectivity index (χ2v) is 9.53. The molecule has 1 aromatic heterocycles. The lowest BCUT2D eigenvalue weighted by molar-refractivity contribution is 0.181. The van der Waals surface area contributed by atoms with Crippen molar-refractivity contribution in [1.82, 2.24) is 14.2 Å². The van der Waals surface area contributed by atoms with Crippen molar-refractivity contribution in [3.05, 3.63) is 45.2 Å². The number of benzene rings is 1. The molecule has 0 spiro atoms. The van der Waals surface area contributed by atoms with Crippen LogP contribution in [0, 0.1) is 13.8 Å². The Hall–Kier alpha value is -1.70. The van der Waals surface area contributed by atoms with Gasteiger partial charge in [-0.25, -0.2) is 8.42 Å². The molecule has 0 atom stereocenters. The largest absolute Gasteiger partial charge is 0.321 e. The van der Waals surface area contributed by atoms with Crippen LogP contribution >= 0.6 is 0 Å². The van der Waals surface area contributed by atoms with Gasteiger partial charge in [0.25, 0.3) is 5.56 Å². The average Bonchev–Trinajstić information content (AvgIpc) is 2.65. The number of pyridine rings is 1. The van der Waals surface area contributed by atoms with E-state index in [1.54, 1.807) is 4.31 Å². The molecule has 0 unspecified atom stereocenters. The lowest BCUT2D eigenvalue weighted by Crippen LogP contribution is -2.49. The van der Waals surface area contributed by atoms with Crippen molar-refractivity contribution in [3.63, 3.8) is 0 Å². The van der Waals surface area contributed by atoms with Gasteiger partial charge >= 0.3 is 0 Å². The Kier molecular flexibility index (Phi) is 6.03. The first-order valence-corrected chi connectivity index (χ1v) is 11.2. The molecule has 0 radical (unpaired) electrons. The molecule has 0 aliphatic carbocycles. The Balaban J connectivity index is 1.70. The first-order valence-electron chi connectivity index (χ1n) is 9.64. The molecule has 1 aliphatic rings. The second-order valence-electron chi connectivity index (χ2n) is 7.44. The van der Waals surface area contributed by atoms with Gasteiger partial charge < -0.3 is 4.98 Å². The molecule has 0 amide bonds. The summed E-state index contributed by atoms with van der Waals surface area (Å²) < 4.78 is 26.2. The van der Waals surface area contributed by atoms with Gasteiger partial charge in [0.15, 0.2) is 0 Å². The number of aromatic amines is 1. The maximum absolute atomic E-state index is 12.5. The highest BCUT2D eigenvalue weighted by molar-refractivity contribution is 7.89. The molecular weight excluding hydrogens is 362 g/mol. The summed E-state index contributed by atoms with van der Waals surface area (Å²) in [6.07, 6.45) is 1.58. The normalized spacial score (nSPS) is 16.9. The van der Waals surface area contributed by atoms with E-state index in [0.29, 0.717) is 39.1 Å². The molecule has 1 saturated heterocycles. The lowest BCUT2D eigenvalue weighted by atomic mass is 10.0. The zero-order valence-corrected chi connectivity index (χ0v) is 17.2. The van der Waals surface area contributed by atoms with Gasteiger partial charge in [-0.3, -0.25) is 9.69 Å². The summed E-state index contributed by atoms with van der Waals surface area (Å²) in [6.45, 7) is 8.89. The molecule has 2 aromatic rings. The molecule has 2 heterocycles. The lowest BCUT2D eigenvalue weighted by Gasteiger charge is -2.33. The summed E-state index contributed by atoms with van der Waals surface area (Å²) in [5, 5.41) is 1.04. The van der Waals surface area contributed by atoms with E-state index in [9.17, 15) is 13.2 Å². The Bertz CT molecular complexity index is 974. The van der Waals surface area contributed by atoms with Gasteiger partial charge in [0.05, 0.1) is 11.3 Å². The topological polar surface area (TPSA) is 73.5 Å². The molecule has 1 aliphatic heterocycles. The predicted molar refractivity (Wildman–Crippen MR) is 110 cm³/mol. The smallest absolute Gasteiger partial charge is 0.252 e. The van der Waals surface area contributed by atoms with Gasteiger partial charge in [-0.1, -0.05) is 25.5 Å². The van der Waals surface area contributed by atoms with Crippen LogP contribution in [0.2, 0.25) is 0 Å². The number of nitrogens with one attached hydrogen (secondary N) is 1. The fourth-order valence-corrected chi connectivity index (χ4v) is 5.18. The standard InChI is InChI=1S/C20H29N3O3S/c1-4-5-12-27(25,26)23-10-8-22(9-11-23)14-18-13-17-7-6-15(2)16(3)19(17)21-20(18)24/h6-7,13H,4-5,8-12,14H2,1-3H3,(H,21,24). The number of H-pyrrole nitrogens is 1. The summed E-state index contributed by atoms with van der Waals surface area (Å²) in [7, 11) is -3.15. The van der Waals surface area contributed by atoms with Crippen LogP contribution in [0.4, 0.5) is 0 Å². The molecule has 0 saturated carbocycles. The Morgan fingerprint density at radius 3 is 2.48 bits per heavy atom. The van der Waals surface area contributed by atoms with Crippen molar-refractivity contribution in [2.24, 2.45) is 0 Å². The number of rotatable bonds is 6. The van der Waals surface area contributed by atoms with Crippen LogP contribution in [0.5, 0.6) is 0 Å². The quantitative estimate of drug-likeness (QED) is 0.821. The maximum Gasteiger partial charge on any atom is 0.252 e. The van der Waals surface area contributed by atoms with Crippen molar-refractivity contribution >= 4 is 20.9 Å². The second kappa shape index (κ2) is 8.12. The number of piperazine rings is 1. The Morgan fingerprint density at radius 2 is 1.81 bits per heavy atom. The molecular formula is C20H29N3O3S. The predicted octanol–water partition coefficient (Wildman–Crippen LogP) is 2.39. The van der Waals surface area contributed by atoms with Crippen LogP contribution in [-0.2, 0) is 16.6 Å². The molecule has 7 heteroatoms. The minimum absolute atomic E-state index is 0.0609. The molecule has 1 aromatic carbocycles. The van der Waals surface area contributed by atoms with Gasteiger partial charge in [0.1, 0.15) is 0 Å². The zero-order valence-electron chi connectivity index (χ0n) is 16.4. The number of sulfonamides is 1. The molecule has 3 rings (SSSR count). The third kappa shape index (κ3) is 4.42. The van der Waals surface area contributed by atoms with Gasteiger partial charge in [0, 0.05) is 38.3 Å². The summed E-state index contributed by atoms with van der Waals surface area (Å²) >= 11 is 0. The van der Waals surface area contributed by atoms with Crippen LogP contribution in [0.3, 0.4) is 0 Å². The monoisotopic (exact) mass is 391 g/mol. The van der Waals surface area contributed by atoms with E-state index in [-0.39, 0.29) is 11.3 Å². The van der Waals surface area contributed by atoms with Crippen LogP contribution < -0.4 is 5.56 Å². The van der Waals surface area contributed by atoms with Crippen molar-refractivity contribution in [2.45, 2.75) is 40.2 Å². The third-order valence-corrected chi connectivity index (χ3v) is 7.46. The SMILES string of the molecule is CCCCS(=O)(=O)N1CCN(Cc2cc3ccc(C)c(C)c3[nH]c2=O)CC1. The van der Waals surface area contributed by atoms with E-state index < -0.39 is 10.0 Å². The fraction of sp³-hybridized carbons (Fsp3) is 0.550. The number of unbranched alkanes of at least 4 members (excludes halogenated alkanes) is 1. The highest BCUT2D eigenvalue weighted by Gasteiger charge is 2.26. The summed E-state index contributed by atoms with van der Waals surface area (Å²) in [5.74, 6) is 0.229. The van der Waals surface area contributed by atoms with E-state index >= 15 is 0 Å². The Morgan fingerprint density at radius 1 is 1.11 bits per heavy atom. The van der Waals surface area contributed by atoms with Crippen LogP contribution in [0.25, 0.3) is 10.9 Å². The van der Waals surface area contributed by atoms with E-state index in [2.05, 4.69) is 16.0 Å². The zero-order chi connectivity index (χ0) is 19.6.